The molecule has 0 radical (unpaired) electrons. The van der Waals surface area contributed by atoms with Crippen LogP contribution in [0.2, 0.25) is 5.02 Å². The molecule has 1 heterocycles. The molecule has 8 nitrogen and oxygen atoms in total. The Kier molecular flexibility index (Phi) is 4.46. The predicted molar refractivity (Wildman–Crippen MR) is 74.2 cm³/mol. The zero-order valence-electron chi connectivity index (χ0n) is 10.4. The molecule has 1 aromatic heterocycles. The van der Waals surface area contributed by atoms with E-state index >= 15 is 0 Å². The maximum atomic E-state index is 12.1. The summed E-state index contributed by atoms with van der Waals surface area (Å²) in [7, 11) is -3.99. The zero-order chi connectivity index (χ0) is 15.5. The van der Waals surface area contributed by atoms with Gasteiger partial charge in [-0.15, -0.1) is 0 Å². The van der Waals surface area contributed by atoms with Crippen molar-refractivity contribution in [2.24, 2.45) is 0 Å². The van der Waals surface area contributed by atoms with Crippen LogP contribution < -0.4 is 4.72 Å². The Labute approximate surface area is 125 Å². The van der Waals surface area contributed by atoms with Gasteiger partial charge in [-0.3, -0.25) is 10.1 Å². The molecule has 0 aliphatic carbocycles. The lowest BCUT2D eigenvalue weighted by Crippen LogP contribution is -2.24. The third-order valence-corrected chi connectivity index (χ3v) is 4.38. The molecule has 0 amide bonds. The van der Waals surface area contributed by atoms with Gasteiger partial charge in [-0.05, 0) is 12.1 Å². The van der Waals surface area contributed by atoms with Gasteiger partial charge in [0.25, 0.3) is 5.69 Å². The van der Waals surface area contributed by atoms with Crippen LogP contribution >= 0.6 is 11.6 Å². The average Bonchev–Trinajstić information content (AvgIpc) is 2.46. The molecular formula is C11H9ClN4O4S. The number of benzene rings is 1. The zero-order valence-corrected chi connectivity index (χ0v) is 12.0. The number of nitro groups is 1. The van der Waals surface area contributed by atoms with E-state index in [9.17, 15) is 18.5 Å². The van der Waals surface area contributed by atoms with Gasteiger partial charge in [-0.2, -0.15) is 0 Å². The summed E-state index contributed by atoms with van der Waals surface area (Å²) in [5.41, 5.74) is 0.0944. The van der Waals surface area contributed by atoms with Gasteiger partial charge in [0.15, 0.2) is 0 Å². The molecule has 2 rings (SSSR count). The van der Waals surface area contributed by atoms with Gasteiger partial charge in [-0.1, -0.05) is 11.6 Å². The molecule has 1 N–H and O–H groups in total. The molecule has 1 aromatic carbocycles. The smallest absolute Gasteiger partial charge is 0.258 e. The van der Waals surface area contributed by atoms with Crippen LogP contribution in [0, 0.1) is 10.1 Å². The fourth-order valence-corrected chi connectivity index (χ4v) is 3.00. The van der Waals surface area contributed by atoms with E-state index in [2.05, 4.69) is 14.7 Å². The molecule has 110 valence electrons. The minimum Gasteiger partial charge on any atom is -0.258 e. The number of halogens is 1. The lowest BCUT2D eigenvalue weighted by atomic mass is 10.3. The topological polar surface area (TPSA) is 115 Å². The molecule has 0 bridgehead atoms. The third-order valence-electron chi connectivity index (χ3n) is 2.50. The number of nitrogens with one attached hydrogen (secondary N) is 1. The predicted octanol–water partition coefficient (Wildman–Crippen LogP) is 1.52. The van der Waals surface area contributed by atoms with Gasteiger partial charge in [0, 0.05) is 18.3 Å². The normalized spacial score (nSPS) is 11.3. The summed E-state index contributed by atoms with van der Waals surface area (Å²) in [5, 5.41) is 10.6. The van der Waals surface area contributed by atoms with Crippen LogP contribution in [0.1, 0.15) is 5.69 Å². The number of hydrogen-bond acceptors (Lipinski definition) is 6. The van der Waals surface area contributed by atoms with Crippen LogP contribution in [0.25, 0.3) is 0 Å². The number of nitrogens with zero attached hydrogens (tertiary/aromatic N) is 3. The van der Waals surface area contributed by atoms with Gasteiger partial charge in [0.05, 0.1) is 22.2 Å². The highest BCUT2D eigenvalue weighted by Gasteiger charge is 2.21. The van der Waals surface area contributed by atoms with Gasteiger partial charge in [-0.25, -0.2) is 23.1 Å². The monoisotopic (exact) mass is 328 g/mol. The lowest BCUT2D eigenvalue weighted by Gasteiger charge is -2.07. The molecule has 0 unspecified atom stereocenters. The summed E-state index contributed by atoms with van der Waals surface area (Å²) in [4.78, 5) is 17.2. The van der Waals surface area contributed by atoms with Gasteiger partial charge in [0.2, 0.25) is 10.0 Å². The average molecular weight is 329 g/mol. The molecule has 0 fully saturated rings. The molecule has 0 aliphatic heterocycles. The van der Waals surface area contributed by atoms with Crippen molar-refractivity contribution in [1.29, 1.82) is 0 Å². The Hall–Kier alpha value is -2.10. The van der Waals surface area contributed by atoms with Gasteiger partial charge in [0.1, 0.15) is 11.2 Å². The SMILES string of the molecule is O=[N+]([O-])c1ccc(Cl)c(S(=O)(=O)NCc2ccncn2)c1. The van der Waals surface area contributed by atoms with Crippen molar-refractivity contribution in [3.8, 4) is 0 Å². The van der Waals surface area contributed by atoms with E-state index in [0.29, 0.717) is 5.69 Å². The van der Waals surface area contributed by atoms with E-state index in [1.165, 1.54) is 24.7 Å². The summed E-state index contributed by atoms with van der Waals surface area (Å²) < 4.78 is 26.6. The van der Waals surface area contributed by atoms with E-state index in [-0.39, 0.29) is 22.2 Å². The van der Waals surface area contributed by atoms with Crippen molar-refractivity contribution in [1.82, 2.24) is 14.7 Å². The van der Waals surface area contributed by atoms with Crippen molar-refractivity contribution in [3.05, 3.63) is 57.6 Å². The highest BCUT2D eigenvalue weighted by molar-refractivity contribution is 7.89. The van der Waals surface area contributed by atoms with E-state index < -0.39 is 14.9 Å². The first-order valence-corrected chi connectivity index (χ1v) is 7.45. The quantitative estimate of drug-likeness (QED) is 0.657. The van der Waals surface area contributed by atoms with Crippen LogP contribution in [-0.4, -0.2) is 23.3 Å². The minimum absolute atomic E-state index is 0.0795. The van der Waals surface area contributed by atoms with Gasteiger partial charge < -0.3 is 0 Å². The van der Waals surface area contributed by atoms with Crippen molar-refractivity contribution in [2.45, 2.75) is 11.4 Å². The summed E-state index contributed by atoms with van der Waals surface area (Å²) in [6.45, 7) is -0.0795. The Morgan fingerprint density at radius 1 is 1.33 bits per heavy atom. The van der Waals surface area contributed by atoms with Crippen molar-refractivity contribution < 1.29 is 13.3 Å². The van der Waals surface area contributed by atoms with Crippen molar-refractivity contribution in [2.75, 3.05) is 0 Å². The summed E-state index contributed by atoms with van der Waals surface area (Å²) >= 11 is 5.80. The maximum Gasteiger partial charge on any atom is 0.270 e. The molecule has 0 spiro atoms. The summed E-state index contributed by atoms with van der Waals surface area (Å²) in [6, 6.07) is 4.74. The van der Waals surface area contributed by atoms with Crippen LogP contribution in [-0.2, 0) is 16.6 Å². The first-order valence-electron chi connectivity index (χ1n) is 5.58. The number of nitro benzene ring substituents is 1. The fraction of sp³-hybridized carbons (Fsp3) is 0.0909. The second-order valence-electron chi connectivity index (χ2n) is 3.90. The van der Waals surface area contributed by atoms with E-state index in [0.717, 1.165) is 12.1 Å². The van der Waals surface area contributed by atoms with E-state index in [4.69, 9.17) is 11.6 Å². The van der Waals surface area contributed by atoms with Gasteiger partial charge >= 0.3 is 0 Å². The molecule has 0 saturated carbocycles. The van der Waals surface area contributed by atoms with E-state index in [1.807, 2.05) is 0 Å². The Morgan fingerprint density at radius 3 is 2.71 bits per heavy atom. The minimum atomic E-state index is -3.99. The van der Waals surface area contributed by atoms with Crippen LogP contribution in [0.5, 0.6) is 0 Å². The maximum absolute atomic E-state index is 12.1. The first kappa shape index (κ1) is 15.3. The number of aromatic nitrogens is 2. The standard InChI is InChI=1S/C11H9ClN4O4S/c12-10-2-1-9(16(17)18)5-11(10)21(19,20)15-6-8-3-4-13-7-14-8/h1-5,7,15H,6H2. The highest BCUT2D eigenvalue weighted by Crippen LogP contribution is 2.26. The molecule has 0 saturated heterocycles. The fourth-order valence-electron chi connectivity index (χ4n) is 1.48. The summed E-state index contributed by atoms with van der Waals surface area (Å²) in [6.07, 6.45) is 2.75. The van der Waals surface area contributed by atoms with Crippen molar-refractivity contribution in [3.63, 3.8) is 0 Å². The second kappa shape index (κ2) is 6.12. The van der Waals surface area contributed by atoms with E-state index in [1.54, 1.807) is 0 Å². The third kappa shape index (κ3) is 3.72. The summed E-state index contributed by atoms with van der Waals surface area (Å²) in [5.74, 6) is 0. The molecule has 21 heavy (non-hydrogen) atoms. The highest BCUT2D eigenvalue weighted by atomic mass is 35.5. The number of non-ortho nitro benzene ring substituents is 1. The Bertz CT molecular complexity index is 767. The number of rotatable bonds is 5. The molecule has 10 heteroatoms. The largest absolute Gasteiger partial charge is 0.270 e. The van der Waals surface area contributed by atoms with Crippen molar-refractivity contribution >= 4 is 27.3 Å². The molecule has 0 aliphatic rings. The van der Waals surface area contributed by atoms with Crippen LogP contribution in [0.3, 0.4) is 0 Å². The first-order chi connectivity index (χ1) is 9.90. The van der Waals surface area contributed by atoms with Crippen LogP contribution in [0.4, 0.5) is 5.69 Å². The lowest BCUT2D eigenvalue weighted by molar-refractivity contribution is -0.385. The Balaban J connectivity index is 2.27. The second-order valence-corrected chi connectivity index (χ2v) is 6.04. The molecule has 2 aromatic rings. The number of sulfonamides is 1. The Morgan fingerprint density at radius 2 is 2.10 bits per heavy atom. The van der Waals surface area contributed by atoms with Crippen LogP contribution in [0.15, 0.2) is 41.7 Å². The molecule has 0 atom stereocenters. The number of hydrogen-bond donors (Lipinski definition) is 1. The molecular weight excluding hydrogens is 320 g/mol.